The summed E-state index contributed by atoms with van der Waals surface area (Å²) in [6.45, 7) is 3.56. The Morgan fingerprint density at radius 1 is 1.32 bits per heavy atom. The minimum absolute atomic E-state index is 0.00120. The molecular weight excluding hydrogens is 346 g/mol. The van der Waals surface area contributed by atoms with E-state index in [0.717, 1.165) is 5.56 Å². The molecule has 1 heterocycles. The van der Waals surface area contributed by atoms with Crippen molar-refractivity contribution in [1.29, 1.82) is 0 Å². The van der Waals surface area contributed by atoms with Gasteiger partial charge in [-0.3, -0.25) is 4.79 Å². The van der Waals surface area contributed by atoms with Gasteiger partial charge >= 0.3 is 5.97 Å². The number of hydrogen-bond donors (Lipinski definition) is 2. The van der Waals surface area contributed by atoms with Gasteiger partial charge in [0.1, 0.15) is 17.4 Å². The van der Waals surface area contributed by atoms with E-state index in [2.05, 4.69) is 5.32 Å². The van der Waals surface area contributed by atoms with E-state index >= 15 is 0 Å². The summed E-state index contributed by atoms with van der Waals surface area (Å²) in [5.41, 5.74) is 0.862. The number of carbonyl (C=O) groups excluding carboxylic acids is 1. The van der Waals surface area contributed by atoms with Crippen LogP contribution in [0.2, 0.25) is 5.02 Å². The average Bonchev–Trinajstić information content (AvgIpc) is 3.02. The summed E-state index contributed by atoms with van der Waals surface area (Å²) in [7, 11) is 1.55. The molecule has 2 N–H and O–H groups in total. The SMILES string of the molecule is CCc1oc(C(=O)NC(C)C(OC)c2ccc(Cl)cc2)cc1C(=O)O. The molecule has 0 aliphatic carbocycles. The van der Waals surface area contributed by atoms with Gasteiger partial charge < -0.3 is 19.6 Å². The Kier molecular flexibility index (Phi) is 6.22. The molecule has 2 atom stereocenters. The smallest absolute Gasteiger partial charge is 0.339 e. The summed E-state index contributed by atoms with van der Waals surface area (Å²) in [5.74, 6) is -1.38. The molecule has 0 bridgehead atoms. The minimum atomic E-state index is -1.12. The van der Waals surface area contributed by atoms with E-state index in [1.807, 2.05) is 12.1 Å². The molecule has 0 saturated heterocycles. The first-order valence-corrected chi connectivity index (χ1v) is 8.20. The van der Waals surface area contributed by atoms with Crippen LogP contribution in [0.4, 0.5) is 0 Å². The Hall–Kier alpha value is -2.31. The first kappa shape index (κ1) is 19.0. The summed E-state index contributed by atoms with van der Waals surface area (Å²) in [4.78, 5) is 23.6. The van der Waals surface area contributed by atoms with E-state index in [0.29, 0.717) is 11.4 Å². The van der Waals surface area contributed by atoms with Gasteiger partial charge in [-0.1, -0.05) is 30.7 Å². The van der Waals surface area contributed by atoms with E-state index < -0.39 is 11.9 Å². The van der Waals surface area contributed by atoms with E-state index in [4.69, 9.17) is 25.9 Å². The van der Waals surface area contributed by atoms with Crippen molar-refractivity contribution >= 4 is 23.5 Å². The lowest BCUT2D eigenvalue weighted by atomic mass is 10.0. The highest BCUT2D eigenvalue weighted by atomic mass is 35.5. The summed E-state index contributed by atoms with van der Waals surface area (Å²) >= 11 is 5.89. The van der Waals surface area contributed by atoms with Gasteiger partial charge in [-0.2, -0.15) is 0 Å². The second kappa shape index (κ2) is 8.18. The molecule has 0 fully saturated rings. The Morgan fingerprint density at radius 2 is 1.96 bits per heavy atom. The Morgan fingerprint density at radius 3 is 2.44 bits per heavy atom. The van der Waals surface area contributed by atoms with Gasteiger partial charge in [0.15, 0.2) is 5.76 Å². The Bertz CT molecular complexity index is 753. The molecule has 0 spiro atoms. The molecule has 0 aliphatic rings. The number of nitrogens with one attached hydrogen (secondary N) is 1. The van der Waals surface area contributed by atoms with Gasteiger partial charge in [-0.05, 0) is 24.6 Å². The van der Waals surface area contributed by atoms with Crippen molar-refractivity contribution in [3.05, 3.63) is 58.0 Å². The van der Waals surface area contributed by atoms with Gasteiger partial charge in [0.05, 0.1) is 6.04 Å². The number of rotatable bonds is 7. The molecule has 1 aromatic heterocycles. The van der Waals surface area contributed by atoms with E-state index in [1.54, 1.807) is 33.1 Å². The van der Waals surface area contributed by atoms with Crippen molar-refractivity contribution in [1.82, 2.24) is 5.32 Å². The molecular formula is C18H20ClNO5. The van der Waals surface area contributed by atoms with Crippen LogP contribution in [0.5, 0.6) is 0 Å². The molecule has 0 saturated carbocycles. The van der Waals surface area contributed by atoms with Crippen LogP contribution in [0.25, 0.3) is 0 Å². The molecule has 1 aromatic carbocycles. The van der Waals surface area contributed by atoms with Crippen molar-refractivity contribution in [2.45, 2.75) is 32.4 Å². The summed E-state index contributed by atoms with van der Waals surface area (Å²) < 4.78 is 10.9. The van der Waals surface area contributed by atoms with Gasteiger partial charge in [0.2, 0.25) is 0 Å². The maximum Gasteiger partial charge on any atom is 0.339 e. The highest BCUT2D eigenvalue weighted by Crippen LogP contribution is 2.23. The Labute approximate surface area is 150 Å². The number of carbonyl (C=O) groups is 2. The molecule has 134 valence electrons. The fourth-order valence-electron chi connectivity index (χ4n) is 2.62. The molecule has 2 aromatic rings. The molecule has 2 unspecified atom stereocenters. The zero-order valence-corrected chi connectivity index (χ0v) is 15.0. The predicted octanol–water partition coefficient (Wildman–Crippen LogP) is 3.70. The number of aromatic carboxylic acids is 1. The second-order valence-electron chi connectivity index (χ2n) is 5.58. The fraction of sp³-hybridized carbons (Fsp3) is 0.333. The van der Waals surface area contributed by atoms with Crippen LogP contribution < -0.4 is 5.32 Å². The normalized spacial score (nSPS) is 13.3. The van der Waals surface area contributed by atoms with Crippen LogP contribution in [0.3, 0.4) is 0 Å². The van der Waals surface area contributed by atoms with Gasteiger partial charge in [0, 0.05) is 24.6 Å². The molecule has 6 nitrogen and oxygen atoms in total. The van der Waals surface area contributed by atoms with Crippen LogP contribution in [0.15, 0.2) is 34.7 Å². The monoisotopic (exact) mass is 365 g/mol. The maximum atomic E-state index is 12.4. The van der Waals surface area contributed by atoms with Crippen molar-refractivity contribution in [3.63, 3.8) is 0 Å². The first-order chi connectivity index (χ1) is 11.9. The second-order valence-corrected chi connectivity index (χ2v) is 6.01. The number of halogens is 1. The lowest BCUT2D eigenvalue weighted by molar-refractivity contribution is 0.0631. The van der Waals surface area contributed by atoms with Crippen molar-refractivity contribution in [3.8, 4) is 0 Å². The van der Waals surface area contributed by atoms with Crippen molar-refractivity contribution in [2.24, 2.45) is 0 Å². The predicted molar refractivity (Wildman–Crippen MR) is 93.2 cm³/mol. The van der Waals surface area contributed by atoms with Crippen LogP contribution in [0.1, 0.15) is 52.2 Å². The summed E-state index contributed by atoms with van der Waals surface area (Å²) in [6.07, 6.45) is -0.00332. The highest BCUT2D eigenvalue weighted by Gasteiger charge is 2.25. The van der Waals surface area contributed by atoms with Crippen LogP contribution in [0, 0.1) is 0 Å². The highest BCUT2D eigenvalue weighted by molar-refractivity contribution is 6.30. The van der Waals surface area contributed by atoms with Crippen LogP contribution in [-0.2, 0) is 11.2 Å². The number of ether oxygens (including phenoxy) is 1. The lowest BCUT2D eigenvalue weighted by Crippen LogP contribution is -2.37. The third kappa shape index (κ3) is 4.41. The fourth-order valence-corrected chi connectivity index (χ4v) is 2.75. The zero-order chi connectivity index (χ0) is 18.6. The van der Waals surface area contributed by atoms with Crippen LogP contribution >= 0.6 is 11.6 Å². The quantitative estimate of drug-likeness (QED) is 0.781. The van der Waals surface area contributed by atoms with Crippen molar-refractivity contribution in [2.75, 3.05) is 7.11 Å². The average molecular weight is 366 g/mol. The van der Waals surface area contributed by atoms with Gasteiger partial charge in [-0.15, -0.1) is 0 Å². The van der Waals surface area contributed by atoms with E-state index in [1.165, 1.54) is 6.07 Å². The summed E-state index contributed by atoms with van der Waals surface area (Å²) in [5, 5.41) is 12.5. The number of hydrogen-bond acceptors (Lipinski definition) is 4. The molecule has 1 amide bonds. The largest absolute Gasteiger partial charge is 0.478 e. The zero-order valence-electron chi connectivity index (χ0n) is 14.2. The topological polar surface area (TPSA) is 88.8 Å². The number of benzene rings is 1. The van der Waals surface area contributed by atoms with Gasteiger partial charge in [0.25, 0.3) is 5.91 Å². The number of carboxylic acids is 1. The molecule has 7 heteroatoms. The number of furan rings is 1. The molecule has 0 radical (unpaired) electrons. The van der Waals surface area contributed by atoms with E-state index in [9.17, 15) is 9.59 Å². The van der Waals surface area contributed by atoms with Gasteiger partial charge in [-0.25, -0.2) is 4.79 Å². The molecule has 25 heavy (non-hydrogen) atoms. The number of amides is 1. The summed E-state index contributed by atoms with van der Waals surface area (Å²) in [6, 6.07) is 8.01. The van der Waals surface area contributed by atoms with Crippen LogP contribution in [-0.4, -0.2) is 30.1 Å². The number of aryl methyl sites for hydroxylation is 1. The number of methoxy groups -OCH3 is 1. The number of carboxylic acid groups (broad SMARTS) is 1. The standard InChI is InChI=1S/C18H20ClNO5/c1-4-14-13(18(22)23)9-15(25-14)17(21)20-10(2)16(24-3)11-5-7-12(19)8-6-11/h5-10,16H,4H2,1-3H3,(H,20,21)(H,22,23). The lowest BCUT2D eigenvalue weighted by Gasteiger charge is -2.23. The van der Waals surface area contributed by atoms with E-state index in [-0.39, 0.29) is 29.2 Å². The molecule has 0 aliphatic heterocycles. The first-order valence-electron chi connectivity index (χ1n) is 7.82. The third-order valence-electron chi connectivity index (χ3n) is 3.85. The maximum absolute atomic E-state index is 12.4. The third-order valence-corrected chi connectivity index (χ3v) is 4.10. The molecule has 2 rings (SSSR count). The van der Waals surface area contributed by atoms with Crippen molar-refractivity contribution < 1.29 is 23.8 Å². The minimum Gasteiger partial charge on any atom is -0.478 e. The Balaban J connectivity index is 2.15.